The number of carboxylic acid groups (broad SMARTS) is 1. The first-order chi connectivity index (χ1) is 23.0. The van der Waals surface area contributed by atoms with Crippen molar-refractivity contribution in [2.45, 2.75) is 88.6 Å². The molecule has 0 aromatic heterocycles. The zero-order chi connectivity index (χ0) is 37.7. The van der Waals surface area contributed by atoms with Gasteiger partial charge in [-0.25, -0.2) is 4.79 Å². The number of aliphatic hydroxyl groups excluding tert-OH is 2. The summed E-state index contributed by atoms with van der Waals surface area (Å²) in [5, 5.41) is 42.4. The van der Waals surface area contributed by atoms with E-state index in [1.807, 2.05) is 0 Å². The lowest BCUT2D eigenvalue weighted by Gasteiger charge is -2.26. The Bertz CT molecular complexity index is 1150. The highest BCUT2D eigenvalue weighted by molar-refractivity contribution is 7.80. The summed E-state index contributed by atoms with van der Waals surface area (Å²) in [5.41, 5.74) is 16.4. The van der Waals surface area contributed by atoms with Crippen LogP contribution in [0.1, 0.15) is 52.4 Å². The summed E-state index contributed by atoms with van der Waals surface area (Å²) >= 11 is 3.84. The van der Waals surface area contributed by atoms with E-state index in [2.05, 4.69) is 44.5 Å². The average molecular weight is 722 g/mol. The van der Waals surface area contributed by atoms with Crippen LogP contribution in [0.3, 0.4) is 0 Å². The zero-order valence-corrected chi connectivity index (χ0v) is 28.5. The Labute approximate surface area is 289 Å². The summed E-state index contributed by atoms with van der Waals surface area (Å²) in [7, 11) is 0. The average Bonchev–Trinajstić information content (AvgIpc) is 3.04. The number of hydrogen-bond donors (Lipinski definition) is 13. The normalized spacial score (nSPS) is 14.6. The van der Waals surface area contributed by atoms with Gasteiger partial charge in [-0.2, -0.15) is 12.6 Å². The minimum absolute atomic E-state index is 0.0935. The van der Waals surface area contributed by atoms with Crippen LogP contribution in [-0.2, 0) is 38.4 Å². The Morgan fingerprint density at radius 3 is 1.63 bits per heavy atom. The molecule has 0 fully saturated rings. The van der Waals surface area contributed by atoms with Gasteiger partial charge < -0.3 is 64.4 Å². The molecule has 0 bridgehead atoms. The number of rotatable bonds is 25. The van der Waals surface area contributed by atoms with Crippen LogP contribution < -0.4 is 49.1 Å². The lowest BCUT2D eigenvalue weighted by Crippen LogP contribution is -2.60. The second kappa shape index (κ2) is 24.1. The summed E-state index contributed by atoms with van der Waals surface area (Å²) < 4.78 is 0. The van der Waals surface area contributed by atoms with E-state index in [-0.39, 0.29) is 24.5 Å². The Balaban J connectivity index is 5.52. The molecule has 0 saturated heterocycles. The fourth-order valence-corrected chi connectivity index (χ4v) is 4.35. The number of carboxylic acids is 1. The van der Waals surface area contributed by atoms with E-state index in [9.17, 15) is 53.7 Å². The van der Waals surface area contributed by atoms with E-state index in [0.29, 0.717) is 25.8 Å². The second-order valence-corrected chi connectivity index (χ2v) is 11.9. The van der Waals surface area contributed by atoms with Crippen LogP contribution in [0, 0.1) is 5.92 Å². The summed E-state index contributed by atoms with van der Waals surface area (Å²) in [6, 6.07) is -8.44. The number of carbonyl (C=O) groups is 8. The van der Waals surface area contributed by atoms with Gasteiger partial charge in [0.2, 0.25) is 41.4 Å². The highest BCUT2D eigenvalue weighted by atomic mass is 32.1. The lowest BCUT2D eigenvalue weighted by molar-refractivity contribution is -0.141. The predicted octanol–water partition coefficient (Wildman–Crippen LogP) is -5.71. The van der Waals surface area contributed by atoms with Crippen LogP contribution in [0.15, 0.2) is 0 Å². The highest BCUT2D eigenvalue weighted by Crippen LogP contribution is 2.06. The molecule has 0 aromatic carbocycles. The number of carbonyl (C=O) groups excluding carboxylic acids is 7. The Kier molecular flexibility index (Phi) is 22.1. The third-order valence-electron chi connectivity index (χ3n) is 6.83. The maximum absolute atomic E-state index is 13.1. The van der Waals surface area contributed by atoms with Crippen LogP contribution in [0.25, 0.3) is 0 Å². The van der Waals surface area contributed by atoms with Crippen LogP contribution in [0.5, 0.6) is 0 Å². The molecule has 0 saturated carbocycles. The smallest absolute Gasteiger partial charge is 0.327 e. The van der Waals surface area contributed by atoms with Crippen LogP contribution >= 0.6 is 12.6 Å². The third-order valence-corrected chi connectivity index (χ3v) is 7.19. The number of hydrogen-bond acceptors (Lipinski definition) is 13. The van der Waals surface area contributed by atoms with Crippen molar-refractivity contribution in [3.05, 3.63) is 0 Å². The first kappa shape index (κ1) is 45.0. The highest BCUT2D eigenvalue weighted by Gasteiger charge is 2.32. The van der Waals surface area contributed by atoms with E-state index < -0.39 is 110 Å². The van der Waals surface area contributed by atoms with E-state index in [1.165, 1.54) is 0 Å². The molecule has 0 aliphatic rings. The lowest BCUT2D eigenvalue weighted by atomic mass is 10.0. The van der Waals surface area contributed by atoms with Crippen molar-refractivity contribution in [3.63, 3.8) is 0 Å². The van der Waals surface area contributed by atoms with Gasteiger partial charge in [0.25, 0.3) is 0 Å². The summed E-state index contributed by atoms with van der Waals surface area (Å²) in [6.45, 7) is 1.48. The number of amides is 7. The molecule has 280 valence electrons. The van der Waals surface area contributed by atoms with Gasteiger partial charge in [-0.05, 0) is 38.1 Å². The van der Waals surface area contributed by atoms with Gasteiger partial charge in [-0.1, -0.05) is 20.3 Å². The van der Waals surface area contributed by atoms with Crippen molar-refractivity contribution in [2.24, 2.45) is 23.1 Å². The van der Waals surface area contributed by atoms with Crippen molar-refractivity contribution in [1.82, 2.24) is 31.9 Å². The fraction of sp³-hybridized carbons (Fsp3) is 0.714. The van der Waals surface area contributed by atoms with E-state index in [0.717, 1.165) is 0 Å². The number of aliphatic carboxylic acids is 1. The molecule has 0 heterocycles. The minimum atomic E-state index is -1.74. The van der Waals surface area contributed by atoms with E-state index in [1.54, 1.807) is 13.8 Å². The molecule has 0 unspecified atom stereocenters. The minimum Gasteiger partial charge on any atom is -0.480 e. The number of nitrogens with one attached hydrogen (secondary N) is 6. The molecule has 0 radical (unpaired) electrons. The largest absolute Gasteiger partial charge is 0.480 e. The number of nitrogens with two attached hydrogens (primary N) is 3. The maximum atomic E-state index is 13.1. The molecule has 7 amide bonds. The molecule has 0 aromatic rings. The SMILES string of the molecule is CC(C)C[C@H](NC(=O)CNC(=O)[C@@H](N)CCCCN)C(=O)N[C@@H](CO)C(=O)N[C@@H](CO)C(=O)N[C@@H](CCC(N)=O)C(=O)N[C@@H](CS)C(=O)O. The van der Waals surface area contributed by atoms with Crippen molar-refractivity contribution in [1.29, 1.82) is 0 Å². The standard InChI is InChI=1S/C28H51N9O11S/c1-14(2)9-17(33-22(41)10-32-23(42)15(30)5-3-4-8-29)25(44)35-19(12-39)27(46)36-18(11-38)26(45)34-16(6-7-21(31)40)24(43)37-20(13-49)28(47)48/h14-20,38-39,49H,3-13,29-30H2,1-2H3,(H2,31,40)(H,32,42)(H,33,41)(H,34,45)(H,35,44)(H,36,46)(H,37,43)(H,47,48)/t15-,16-,17-,18-,19-,20-/m0/s1. The quantitative estimate of drug-likeness (QED) is 0.0309. The molecule has 20 nitrogen and oxygen atoms in total. The summed E-state index contributed by atoms with van der Waals surface area (Å²) in [4.78, 5) is 98.9. The zero-order valence-electron chi connectivity index (χ0n) is 27.6. The van der Waals surface area contributed by atoms with Crippen molar-refractivity contribution in [2.75, 3.05) is 32.1 Å². The van der Waals surface area contributed by atoms with Gasteiger partial charge in [0.15, 0.2) is 0 Å². The van der Waals surface area contributed by atoms with Crippen molar-refractivity contribution < 1.29 is 53.7 Å². The van der Waals surface area contributed by atoms with Crippen LogP contribution in [0.4, 0.5) is 0 Å². The molecule has 0 rings (SSSR count). The molecule has 49 heavy (non-hydrogen) atoms. The fourth-order valence-electron chi connectivity index (χ4n) is 4.10. The predicted molar refractivity (Wildman–Crippen MR) is 177 cm³/mol. The van der Waals surface area contributed by atoms with Gasteiger partial charge in [0.1, 0.15) is 30.2 Å². The van der Waals surface area contributed by atoms with Crippen molar-refractivity contribution >= 4 is 59.9 Å². The Hall–Kier alpha value is -4.05. The number of unbranched alkanes of at least 4 members (excludes halogenated alkanes) is 1. The maximum Gasteiger partial charge on any atom is 0.327 e. The first-order valence-corrected chi connectivity index (χ1v) is 16.2. The Morgan fingerprint density at radius 1 is 0.694 bits per heavy atom. The molecule has 0 aliphatic heterocycles. The van der Waals surface area contributed by atoms with Gasteiger partial charge in [-0.3, -0.25) is 33.6 Å². The van der Waals surface area contributed by atoms with Crippen LogP contribution in [0.2, 0.25) is 0 Å². The molecule has 15 N–H and O–H groups in total. The number of thiol groups is 1. The Morgan fingerprint density at radius 2 is 1.18 bits per heavy atom. The van der Waals surface area contributed by atoms with Gasteiger partial charge >= 0.3 is 5.97 Å². The molecule has 0 spiro atoms. The second-order valence-electron chi connectivity index (χ2n) is 11.5. The first-order valence-electron chi connectivity index (χ1n) is 15.6. The molecular formula is C28H51N9O11S. The topological polar surface area (TPSA) is 347 Å². The molecule has 21 heteroatoms. The van der Waals surface area contributed by atoms with Gasteiger partial charge in [0.05, 0.1) is 25.8 Å². The van der Waals surface area contributed by atoms with E-state index in [4.69, 9.17) is 17.2 Å². The number of aliphatic hydroxyl groups is 2. The monoisotopic (exact) mass is 721 g/mol. The van der Waals surface area contributed by atoms with Gasteiger partial charge in [0, 0.05) is 12.2 Å². The summed E-state index contributed by atoms with van der Waals surface area (Å²) in [6.07, 6.45) is 1.00. The molecular weight excluding hydrogens is 670 g/mol. The number of primary amides is 1. The van der Waals surface area contributed by atoms with E-state index >= 15 is 0 Å². The van der Waals surface area contributed by atoms with Crippen molar-refractivity contribution in [3.8, 4) is 0 Å². The summed E-state index contributed by atoms with van der Waals surface area (Å²) in [5.74, 6) is -8.15. The van der Waals surface area contributed by atoms with Gasteiger partial charge in [-0.15, -0.1) is 0 Å². The molecule has 6 atom stereocenters. The molecule has 0 aliphatic carbocycles. The third kappa shape index (κ3) is 18.3. The van der Waals surface area contributed by atoms with Crippen LogP contribution in [-0.4, -0.2) is 131 Å².